The zero-order chi connectivity index (χ0) is 12.4. The summed E-state index contributed by atoms with van der Waals surface area (Å²) in [6, 6.07) is 5.44. The number of rotatable bonds is 3. The van der Waals surface area contributed by atoms with Crippen molar-refractivity contribution in [2.75, 3.05) is 5.73 Å². The molecule has 0 radical (unpaired) electrons. The normalized spacial score (nSPS) is 10.8. The first kappa shape index (κ1) is 12.5. The predicted molar refractivity (Wildman–Crippen MR) is 71.4 cm³/mol. The quantitative estimate of drug-likeness (QED) is 0.882. The van der Waals surface area contributed by atoms with Gasteiger partial charge in [0.05, 0.1) is 0 Å². The first-order chi connectivity index (χ1) is 8.08. The van der Waals surface area contributed by atoms with E-state index in [2.05, 4.69) is 10.2 Å². The number of anilines is 1. The van der Waals surface area contributed by atoms with Gasteiger partial charge in [-0.2, -0.15) is 0 Å². The van der Waals surface area contributed by atoms with Crippen LogP contribution in [0.25, 0.3) is 0 Å². The second kappa shape index (κ2) is 5.16. The van der Waals surface area contributed by atoms with Crippen LogP contribution in [0.1, 0.15) is 5.56 Å². The molecule has 0 aliphatic heterocycles. The molecule has 1 aromatic heterocycles. The van der Waals surface area contributed by atoms with E-state index in [9.17, 15) is 0 Å². The van der Waals surface area contributed by atoms with Crippen LogP contribution in [-0.2, 0) is 12.8 Å². The van der Waals surface area contributed by atoms with Crippen molar-refractivity contribution in [2.45, 2.75) is 10.9 Å². The maximum Gasteiger partial charge on any atom is 0.222 e. The van der Waals surface area contributed by atoms with Crippen molar-refractivity contribution in [3.8, 4) is 0 Å². The Balaban J connectivity index is 2.10. The van der Waals surface area contributed by atoms with E-state index in [1.165, 1.54) is 11.8 Å². The molecule has 0 fully saturated rings. The van der Waals surface area contributed by atoms with E-state index in [4.69, 9.17) is 28.9 Å². The van der Waals surface area contributed by atoms with Crippen LogP contribution in [0.15, 0.2) is 23.4 Å². The third-order valence-electron chi connectivity index (χ3n) is 2.24. The van der Waals surface area contributed by atoms with Gasteiger partial charge in [-0.15, -0.1) is 10.2 Å². The smallest absolute Gasteiger partial charge is 0.222 e. The summed E-state index contributed by atoms with van der Waals surface area (Å²) >= 11 is 13.4. The van der Waals surface area contributed by atoms with Crippen molar-refractivity contribution in [3.05, 3.63) is 33.8 Å². The number of aromatic nitrogens is 3. The molecule has 90 valence electrons. The molecule has 1 aromatic carbocycles. The maximum absolute atomic E-state index is 6.08. The molecule has 17 heavy (non-hydrogen) atoms. The third-order valence-corrected chi connectivity index (χ3v) is 3.90. The van der Waals surface area contributed by atoms with Gasteiger partial charge in [0.25, 0.3) is 0 Å². The molecule has 1 heterocycles. The number of benzene rings is 1. The minimum atomic E-state index is 0.398. The molecule has 0 saturated heterocycles. The van der Waals surface area contributed by atoms with Gasteiger partial charge in [-0.25, -0.2) is 0 Å². The lowest BCUT2D eigenvalue weighted by molar-refractivity contribution is 0.796. The number of hydrogen-bond donors (Lipinski definition) is 1. The summed E-state index contributed by atoms with van der Waals surface area (Å²) in [6.07, 6.45) is 0. The van der Waals surface area contributed by atoms with Crippen LogP contribution in [0.5, 0.6) is 0 Å². The molecule has 0 saturated carbocycles. The molecular weight excluding hydrogens is 279 g/mol. The SMILES string of the molecule is Cn1c(N)nnc1SCc1ccc(Cl)cc1Cl. The largest absolute Gasteiger partial charge is 0.368 e. The highest BCUT2D eigenvalue weighted by atomic mass is 35.5. The highest BCUT2D eigenvalue weighted by Gasteiger charge is 2.08. The summed E-state index contributed by atoms with van der Waals surface area (Å²) in [6.45, 7) is 0. The number of halogens is 2. The van der Waals surface area contributed by atoms with E-state index in [1.54, 1.807) is 10.6 Å². The Labute approximate surface area is 113 Å². The van der Waals surface area contributed by atoms with Crippen LogP contribution in [-0.4, -0.2) is 14.8 Å². The molecule has 2 N–H and O–H groups in total. The van der Waals surface area contributed by atoms with Crippen molar-refractivity contribution < 1.29 is 0 Å². The zero-order valence-electron chi connectivity index (χ0n) is 9.02. The van der Waals surface area contributed by atoms with E-state index in [-0.39, 0.29) is 0 Å². The molecule has 0 spiro atoms. The molecule has 0 atom stereocenters. The first-order valence-corrected chi connectivity index (χ1v) is 6.53. The minimum absolute atomic E-state index is 0.398. The van der Waals surface area contributed by atoms with Crippen molar-refractivity contribution >= 4 is 40.9 Å². The van der Waals surface area contributed by atoms with Crippen LogP contribution in [0.4, 0.5) is 5.95 Å². The summed E-state index contributed by atoms with van der Waals surface area (Å²) < 4.78 is 1.73. The van der Waals surface area contributed by atoms with Gasteiger partial charge in [0, 0.05) is 22.8 Å². The lowest BCUT2D eigenvalue weighted by Gasteiger charge is -2.04. The van der Waals surface area contributed by atoms with Gasteiger partial charge < -0.3 is 5.73 Å². The molecule has 0 unspecified atom stereocenters. The molecule has 0 aliphatic carbocycles. The summed E-state index contributed by atoms with van der Waals surface area (Å²) in [4.78, 5) is 0. The van der Waals surface area contributed by atoms with E-state index in [0.717, 1.165) is 10.7 Å². The predicted octanol–water partition coefficient (Wildman–Crippen LogP) is 3.00. The van der Waals surface area contributed by atoms with Crippen molar-refractivity contribution in [1.82, 2.24) is 14.8 Å². The summed E-state index contributed by atoms with van der Waals surface area (Å²) in [5, 5.41) is 9.78. The second-order valence-corrected chi connectivity index (χ2v) is 5.21. The average Bonchev–Trinajstić information content (AvgIpc) is 2.59. The van der Waals surface area contributed by atoms with Crippen molar-refractivity contribution in [3.63, 3.8) is 0 Å². The molecule has 0 amide bonds. The van der Waals surface area contributed by atoms with E-state index < -0.39 is 0 Å². The molecule has 0 bridgehead atoms. The van der Waals surface area contributed by atoms with Gasteiger partial charge in [0.15, 0.2) is 5.16 Å². The molecule has 2 rings (SSSR count). The third kappa shape index (κ3) is 2.86. The fourth-order valence-electron chi connectivity index (χ4n) is 1.23. The monoisotopic (exact) mass is 288 g/mol. The van der Waals surface area contributed by atoms with E-state index in [0.29, 0.717) is 21.7 Å². The van der Waals surface area contributed by atoms with Crippen LogP contribution < -0.4 is 5.73 Å². The summed E-state index contributed by atoms with van der Waals surface area (Å²) in [5.74, 6) is 1.09. The van der Waals surface area contributed by atoms with Gasteiger partial charge in [-0.1, -0.05) is 41.0 Å². The Morgan fingerprint density at radius 1 is 1.35 bits per heavy atom. The fourth-order valence-corrected chi connectivity index (χ4v) is 2.71. The molecule has 0 aliphatic rings. The molecule has 4 nitrogen and oxygen atoms in total. The second-order valence-electron chi connectivity index (χ2n) is 3.42. The van der Waals surface area contributed by atoms with E-state index >= 15 is 0 Å². The number of nitrogen functional groups attached to an aromatic ring is 1. The first-order valence-electron chi connectivity index (χ1n) is 4.79. The minimum Gasteiger partial charge on any atom is -0.368 e. The van der Waals surface area contributed by atoms with Crippen LogP contribution in [0.3, 0.4) is 0 Å². The number of hydrogen-bond acceptors (Lipinski definition) is 4. The zero-order valence-corrected chi connectivity index (χ0v) is 11.4. The van der Waals surface area contributed by atoms with Crippen LogP contribution in [0, 0.1) is 0 Å². The van der Waals surface area contributed by atoms with Crippen LogP contribution >= 0.6 is 35.0 Å². The molecule has 2 aromatic rings. The Morgan fingerprint density at radius 2 is 2.12 bits per heavy atom. The number of nitrogens with zero attached hydrogens (tertiary/aromatic N) is 3. The Kier molecular flexibility index (Phi) is 3.81. The van der Waals surface area contributed by atoms with Gasteiger partial charge >= 0.3 is 0 Å². The number of nitrogens with two attached hydrogens (primary N) is 1. The highest BCUT2D eigenvalue weighted by molar-refractivity contribution is 7.98. The Hall–Kier alpha value is -0.910. The Morgan fingerprint density at radius 3 is 2.71 bits per heavy atom. The fraction of sp³-hybridized carbons (Fsp3) is 0.200. The van der Waals surface area contributed by atoms with Crippen LogP contribution in [0.2, 0.25) is 10.0 Å². The Bertz CT molecular complexity index is 541. The van der Waals surface area contributed by atoms with Crippen molar-refractivity contribution in [1.29, 1.82) is 0 Å². The lowest BCUT2D eigenvalue weighted by Crippen LogP contribution is -1.98. The maximum atomic E-state index is 6.08. The van der Waals surface area contributed by atoms with Gasteiger partial charge in [-0.3, -0.25) is 4.57 Å². The van der Waals surface area contributed by atoms with Gasteiger partial charge in [0.1, 0.15) is 0 Å². The van der Waals surface area contributed by atoms with Crippen molar-refractivity contribution in [2.24, 2.45) is 7.05 Å². The summed E-state index contributed by atoms with van der Waals surface area (Å²) in [5.41, 5.74) is 6.59. The van der Waals surface area contributed by atoms with Gasteiger partial charge in [-0.05, 0) is 17.7 Å². The summed E-state index contributed by atoms with van der Waals surface area (Å²) in [7, 11) is 1.82. The number of thioether (sulfide) groups is 1. The van der Waals surface area contributed by atoms with E-state index in [1.807, 2.05) is 19.2 Å². The highest BCUT2D eigenvalue weighted by Crippen LogP contribution is 2.27. The lowest BCUT2D eigenvalue weighted by atomic mass is 10.2. The topological polar surface area (TPSA) is 56.7 Å². The molecule has 7 heteroatoms. The molecular formula is C10H10Cl2N4S. The average molecular weight is 289 g/mol. The standard InChI is InChI=1S/C10H10Cl2N4S/c1-16-9(13)14-15-10(16)17-5-6-2-3-7(11)4-8(6)12/h2-4H,5H2,1H3,(H2,13,14). The van der Waals surface area contributed by atoms with Gasteiger partial charge in [0.2, 0.25) is 5.95 Å².